The molecule has 4 nitrogen and oxygen atoms in total. The van der Waals surface area contributed by atoms with E-state index in [9.17, 15) is 4.79 Å². The fourth-order valence-electron chi connectivity index (χ4n) is 2.48. The summed E-state index contributed by atoms with van der Waals surface area (Å²) >= 11 is 6.75. The van der Waals surface area contributed by atoms with Crippen molar-refractivity contribution in [2.75, 3.05) is 5.75 Å². The van der Waals surface area contributed by atoms with E-state index in [1.165, 1.54) is 10.4 Å². The Kier molecular flexibility index (Phi) is 5.53. The third-order valence-electron chi connectivity index (χ3n) is 3.57. The zero-order valence-electron chi connectivity index (χ0n) is 13.1. The van der Waals surface area contributed by atoms with E-state index in [0.29, 0.717) is 12.2 Å². The highest BCUT2D eigenvalue weighted by Gasteiger charge is 2.18. The molecule has 3 aromatic rings. The zero-order chi connectivity index (χ0) is 17.1. The predicted octanol–water partition coefficient (Wildman–Crippen LogP) is 4.65. The number of nitrogens with two attached hydrogens (primary N) is 1. The van der Waals surface area contributed by atoms with Gasteiger partial charge in [0.15, 0.2) is 0 Å². The van der Waals surface area contributed by atoms with Crippen molar-refractivity contribution < 1.29 is 4.79 Å². The fourth-order valence-corrected chi connectivity index (χ4v) is 4.87. The van der Waals surface area contributed by atoms with Crippen LogP contribution in [0.1, 0.15) is 18.2 Å². The molecule has 0 bridgehead atoms. The van der Waals surface area contributed by atoms with Crippen molar-refractivity contribution in [3.63, 3.8) is 0 Å². The number of thioether (sulfide) groups is 1. The largest absolute Gasteiger partial charge is 0.370 e. The third-order valence-corrected chi connectivity index (χ3v) is 6.33. The Morgan fingerprint density at radius 3 is 2.71 bits per heavy atom. The number of rotatable bonds is 6. The first kappa shape index (κ1) is 17.4. The number of primary amides is 1. The van der Waals surface area contributed by atoms with E-state index in [1.54, 1.807) is 29.4 Å². The maximum Gasteiger partial charge on any atom is 0.218 e. The summed E-state index contributed by atoms with van der Waals surface area (Å²) in [7, 11) is 0. The first-order chi connectivity index (χ1) is 11.6. The first-order valence-electron chi connectivity index (χ1n) is 7.53. The summed E-state index contributed by atoms with van der Waals surface area (Å²) in [6.07, 6.45) is 2.88. The minimum Gasteiger partial charge on any atom is -0.370 e. The average molecular weight is 422 g/mol. The Bertz CT molecular complexity index is 877. The van der Waals surface area contributed by atoms with Gasteiger partial charge >= 0.3 is 0 Å². The van der Waals surface area contributed by atoms with E-state index in [0.717, 1.165) is 31.7 Å². The van der Waals surface area contributed by atoms with Crippen LogP contribution >= 0.6 is 39.0 Å². The number of hydrogen-bond donors (Lipinski definition) is 1. The molecule has 0 radical (unpaired) electrons. The topological polar surface area (TPSA) is 68.9 Å². The van der Waals surface area contributed by atoms with Crippen molar-refractivity contribution in [1.29, 1.82) is 0 Å². The van der Waals surface area contributed by atoms with Gasteiger partial charge in [-0.1, -0.05) is 35.0 Å². The van der Waals surface area contributed by atoms with Gasteiger partial charge < -0.3 is 5.73 Å². The van der Waals surface area contributed by atoms with Crippen LogP contribution in [-0.2, 0) is 11.2 Å². The van der Waals surface area contributed by atoms with Gasteiger partial charge in [-0.05, 0) is 24.1 Å². The SMILES string of the molecule is CCc1sc2ncnc(SCCC(N)=O)c2c1-c1ccc(Br)cc1. The molecule has 7 heteroatoms. The molecule has 1 amide bonds. The van der Waals surface area contributed by atoms with Crippen LogP contribution in [0.5, 0.6) is 0 Å². The normalized spacial score (nSPS) is 11.1. The summed E-state index contributed by atoms with van der Waals surface area (Å²) in [5.41, 5.74) is 7.60. The molecule has 0 saturated carbocycles. The van der Waals surface area contributed by atoms with E-state index in [1.807, 2.05) is 12.1 Å². The molecule has 0 aliphatic heterocycles. The molecule has 2 aromatic heterocycles. The van der Waals surface area contributed by atoms with Crippen LogP contribution in [0.4, 0.5) is 0 Å². The molecule has 24 heavy (non-hydrogen) atoms. The molecular formula is C17H16BrN3OS2. The highest BCUT2D eigenvalue weighted by molar-refractivity contribution is 9.10. The molecule has 1 aromatic carbocycles. The third kappa shape index (κ3) is 3.63. The summed E-state index contributed by atoms with van der Waals surface area (Å²) in [4.78, 5) is 22.2. The van der Waals surface area contributed by atoms with Crippen molar-refractivity contribution in [3.05, 3.63) is 39.9 Å². The molecular weight excluding hydrogens is 406 g/mol. The van der Waals surface area contributed by atoms with E-state index in [2.05, 4.69) is 45.0 Å². The van der Waals surface area contributed by atoms with Crippen LogP contribution in [0.15, 0.2) is 40.1 Å². The van der Waals surface area contributed by atoms with Crippen molar-refractivity contribution in [3.8, 4) is 11.1 Å². The number of nitrogens with zero attached hydrogens (tertiary/aromatic N) is 2. The second-order valence-corrected chi connectivity index (χ2v) is 8.27. The zero-order valence-corrected chi connectivity index (χ0v) is 16.3. The summed E-state index contributed by atoms with van der Waals surface area (Å²) < 4.78 is 1.05. The number of amides is 1. The van der Waals surface area contributed by atoms with E-state index < -0.39 is 0 Å². The Hall–Kier alpha value is -1.44. The molecule has 3 rings (SSSR count). The molecule has 0 unspecified atom stereocenters. The standard InChI is InChI=1S/C17H16BrN3OS2/c1-2-12-14(10-3-5-11(18)6-4-10)15-16(23-8-7-13(19)22)20-9-21-17(15)24-12/h3-6,9H,2,7-8H2,1H3,(H2,19,22). The Balaban J connectivity index is 2.11. The number of thiophene rings is 1. The lowest BCUT2D eigenvalue weighted by Gasteiger charge is -2.07. The number of fused-ring (bicyclic) bond motifs is 1. The van der Waals surface area contributed by atoms with Gasteiger partial charge in [-0.25, -0.2) is 9.97 Å². The Morgan fingerprint density at radius 1 is 1.29 bits per heavy atom. The van der Waals surface area contributed by atoms with Crippen LogP contribution in [0.25, 0.3) is 21.3 Å². The summed E-state index contributed by atoms with van der Waals surface area (Å²) in [5.74, 6) is 0.332. The van der Waals surface area contributed by atoms with Gasteiger partial charge in [-0.3, -0.25) is 4.79 Å². The molecule has 2 N–H and O–H groups in total. The highest BCUT2D eigenvalue weighted by Crippen LogP contribution is 2.42. The predicted molar refractivity (Wildman–Crippen MR) is 104 cm³/mol. The number of carbonyl (C=O) groups is 1. The molecule has 0 aliphatic rings. The quantitative estimate of drug-likeness (QED) is 0.464. The number of aryl methyl sites for hydroxylation is 1. The van der Waals surface area contributed by atoms with Crippen LogP contribution in [0.2, 0.25) is 0 Å². The Morgan fingerprint density at radius 2 is 2.04 bits per heavy atom. The molecule has 124 valence electrons. The molecule has 0 spiro atoms. The number of hydrogen-bond acceptors (Lipinski definition) is 5. The average Bonchev–Trinajstić information content (AvgIpc) is 2.95. The molecule has 0 atom stereocenters. The van der Waals surface area contributed by atoms with Gasteiger partial charge in [0.25, 0.3) is 0 Å². The van der Waals surface area contributed by atoms with Gasteiger partial charge in [0, 0.05) is 27.1 Å². The molecule has 2 heterocycles. The second kappa shape index (κ2) is 7.63. The van der Waals surface area contributed by atoms with Crippen LogP contribution < -0.4 is 5.73 Å². The summed E-state index contributed by atoms with van der Waals surface area (Å²) in [6.45, 7) is 2.15. The second-order valence-electron chi connectivity index (χ2n) is 5.18. The number of benzene rings is 1. The van der Waals surface area contributed by atoms with Gasteiger partial charge in [-0.2, -0.15) is 0 Å². The smallest absolute Gasteiger partial charge is 0.218 e. The van der Waals surface area contributed by atoms with Gasteiger partial charge in [-0.15, -0.1) is 23.1 Å². The summed E-state index contributed by atoms with van der Waals surface area (Å²) in [5, 5.41) is 1.99. The number of aromatic nitrogens is 2. The minimum atomic E-state index is -0.291. The Labute approximate surface area is 157 Å². The van der Waals surface area contributed by atoms with Gasteiger partial charge in [0.1, 0.15) is 16.2 Å². The van der Waals surface area contributed by atoms with Crippen molar-refractivity contribution in [2.45, 2.75) is 24.8 Å². The minimum absolute atomic E-state index is 0.291. The van der Waals surface area contributed by atoms with Crippen LogP contribution in [0.3, 0.4) is 0 Å². The fraction of sp³-hybridized carbons (Fsp3) is 0.235. The van der Waals surface area contributed by atoms with Crippen molar-refractivity contribution >= 4 is 55.2 Å². The monoisotopic (exact) mass is 421 g/mol. The molecule has 0 saturated heterocycles. The first-order valence-corrected chi connectivity index (χ1v) is 10.1. The molecule has 0 fully saturated rings. The summed E-state index contributed by atoms with van der Waals surface area (Å²) in [6, 6.07) is 8.30. The molecule has 0 aliphatic carbocycles. The van der Waals surface area contributed by atoms with E-state index in [-0.39, 0.29) is 5.91 Å². The van der Waals surface area contributed by atoms with Crippen LogP contribution in [0, 0.1) is 0 Å². The van der Waals surface area contributed by atoms with Crippen LogP contribution in [-0.4, -0.2) is 21.6 Å². The lowest BCUT2D eigenvalue weighted by atomic mass is 10.0. The van der Waals surface area contributed by atoms with Crippen molar-refractivity contribution in [1.82, 2.24) is 9.97 Å². The number of halogens is 1. The van der Waals surface area contributed by atoms with Gasteiger partial charge in [0.05, 0.1) is 5.39 Å². The maximum absolute atomic E-state index is 11.0. The highest BCUT2D eigenvalue weighted by atomic mass is 79.9. The van der Waals surface area contributed by atoms with E-state index >= 15 is 0 Å². The van der Waals surface area contributed by atoms with E-state index in [4.69, 9.17) is 5.73 Å². The lowest BCUT2D eigenvalue weighted by Crippen LogP contribution is -2.10. The maximum atomic E-state index is 11.0. The lowest BCUT2D eigenvalue weighted by molar-refractivity contribution is -0.117. The van der Waals surface area contributed by atoms with Crippen molar-refractivity contribution in [2.24, 2.45) is 5.73 Å². The number of carbonyl (C=O) groups excluding carboxylic acids is 1. The van der Waals surface area contributed by atoms with Gasteiger partial charge in [0.2, 0.25) is 5.91 Å².